The van der Waals surface area contributed by atoms with Crippen LogP contribution in [0.15, 0.2) is 36.5 Å². The summed E-state index contributed by atoms with van der Waals surface area (Å²) in [6.07, 6.45) is 0.952. The van der Waals surface area contributed by atoms with Crippen LogP contribution in [0.25, 0.3) is 10.9 Å². The molecule has 0 atom stereocenters. The number of fused-ring (bicyclic) bond motifs is 1. The highest BCUT2D eigenvalue weighted by Gasteiger charge is 2.21. The standard InChI is InChI=1S/C14H15N3O2/c18-14(19)17-9-7-16(8-10-17)13-5-1-4-12-11(13)3-2-6-15-12/h1-6H,7-10H2,(H,18,19). The van der Waals surface area contributed by atoms with E-state index in [1.165, 1.54) is 4.90 Å². The van der Waals surface area contributed by atoms with Gasteiger partial charge in [0.1, 0.15) is 0 Å². The fourth-order valence-electron chi connectivity index (χ4n) is 2.50. The molecule has 0 bridgehead atoms. The zero-order valence-corrected chi connectivity index (χ0v) is 10.5. The molecule has 1 aliphatic rings. The Hall–Kier alpha value is -2.30. The first kappa shape index (κ1) is 11.8. The monoisotopic (exact) mass is 257 g/mol. The summed E-state index contributed by atoms with van der Waals surface area (Å²) in [6.45, 7) is 2.54. The van der Waals surface area contributed by atoms with E-state index < -0.39 is 6.09 Å². The second-order valence-electron chi connectivity index (χ2n) is 4.60. The van der Waals surface area contributed by atoms with Crippen molar-refractivity contribution in [1.29, 1.82) is 0 Å². The number of aromatic nitrogens is 1. The van der Waals surface area contributed by atoms with E-state index in [0.717, 1.165) is 29.7 Å². The number of amides is 1. The lowest BCUT2D eigenvalue weighted by atomic mass is 10.1. The van der Waals surface area contributed by atoms with Gasteiger partial charge in [0.05, 0.1) is 5.52 Å². The molecule has 1 saturated heterocycles. The molecule has 1 N–H and O–H groups in total. The number of rotatable bonds is 1. The summed E-state index contributed by atoms with van der Waals surface area (Å²) in [5, 5.41) is 10.1. The Morgan fingerprint density at radius 3 is 2.63 bits per heavy atom. The highest BCUT2D eigenvalue weighted by Crippen LogP contribution is 2.26. The van der Waals surface area contributed by atoms with Crippen LogP contribution in [0, 0.1) is 0 Å². The molecule has 0 saturated carbocycles. The van der Waals surface area contributed by atoms with Crippen LogP contribution in [0.1, 0.15) is 0 Å². The summed E-state index contributed by atoms with van der Waals surface area (Å²) in [5.41, 5.74) is 2.11. The normalized spacial score (nSPS) is 15.8. The predicted octanol–water partition coefficient (Wildman–Crippen LogP) is 2.03. The minimum absolute atomic E-state index is 0.548. The molecule has 1 aromatic heterocycles. The van der Waals surface area contributed by atoms with Crippen LogP contribution in [0.5, 0.6) is 0 Å². The number of anilines is 1. The maximum atomic E-state index is 10.9. The van der Waals surface area contributed by atoms with Crippen LogP contribution in [0.2, 0.25) is 0 Å². The minimum atomic E-state index is -0.834. The van der Waals surface area contributed by atoms with Crippen molar-refractivity contribution < 1.29 is 9.90 Å². The average molecular weight is 257 g/mol. The molecule has 19 heavy (non-hydrogen) atoms. The van der Waals surface area contributed by atoms with Gasteiger partial charge in [-0.05, 0) is 24.3 Å². The molecular formula is C14H15N3O2. The number of hydrogen-bond acceptors (Lipinski definition) is 3. The first-order valence-corrected chi connectivity index (χ1v) is 6.32. The van der Waals surface area contributed by atoms with Crippen LogP contribution in [-0.4, -0.2) is 47.3 Å². The molecule has 1 fully saturated rings. The molecule has 0 unspecified atom stereocenters. The van der Waals surface area contributed by atoms with Gasteiger partial charge >= 0.3 is 6.09 Å². The van der Waals surface area contributed by atoms with E-state index in [-0.39, 0.29) is 0 Å². The average Bonchev–Trinajstić information content (AvgIpc) is 2.47. The SMILES string of the molecule is O=C(O)N1CCN(c2cccc3ncccc23)CC1. The van der Waals surface area contributed by atoms with Gasteiger partial charge in [0, 0.05) is 43.4 Å². The van der Waals surface area contributed by atoms with Gasteiger partial charge in [-0.1, -0.05) is 6.07 Å². The number of nitrogens with zero attached hydrogens (tertiary/aromatic N) is 3. The first-order chi connectivity index (χ1) is 9.25. The van der Waals surface area contributed by atoms with Crippen LogP contribution in [-0.2, 0) is 0 Å². The second-order valence-corrected chi connectivity index (χ2v) is 4.60. The zero-order valence-electron chi connectivity index (χ0n) is 10.5. The van der Waals surface area contributed by atoms with Crippen molar-refractivity contribution >= 4 is 22.7 Å². The van der Waals surface area contributed by atoms with Crippen molar-refractivity contribution in [3.05, 3.63) is 36.5 Å². The zero-order chi connectivity index (χ0) is 13.2. The van der Waals surface area contributed by atoms with Crippen LogP contribution >= 0.6 is 0 Å². The number of hydrogen-bond donors (Lipinski definition) is 1. The topological polar surface area (TPSA) is 56.7 Å². The highest BCUT2D eigenvalue weighted by atomic mass is 16.4. The third-order valence-corrected chi connectivity index (χ3v) is 3.51. The van der Waals surface area contributed by atoms with E-state index in [4.69, 9.17) is 5.11 Å². The molecule has 2 aromatic rings. The Labute approximate surface area is 111 Å². The number of pyridine rings is 1. The van der Waals surface area contributed by atoms with Crippen molar-refractivity contribution in [3.8, 4) is 0 Å². The minimum Gasteiger partial charge on any atom is -0.465 e. The van der Waals surface area contributed by atoms with Crippen molar-refractivity contribution in [2.75, 3.05) is 31.1 Å². The molecule has 98 valence electrons. The van der Waals surface area contributed by atoms with Crippen molar-refractivity contribution in [3.63, 3.8) is 0 Å². The summed E-state index contributed by atoms with van der Waals surface area (Å²) in [4.78, 5) is 18.9. The van der Waals surface area contributed by atoms with Gasteiger partial charge in [-0.3, -0.25) is 4.98 Å². The van der Waals surface area contributed by atoms with E-state index in [0.29, 0.717) is 13.1 Å². The first-order valence-electron chi connectivity index (χ1n) is 6.32. The van der Waals surface area contributed by atoms with Gasteiger partial charge in [0.2, 0.25) is 0 Å². The van der Waals surface area contributed by atoms with Crippen molar-refractivity contribution in [1.82, 2.24) is 9.88 Å². The number of piperazine rings is 1. The van der Waals surface area contributed by atoms with E-state index >= 15 is 0 Å². The van der Waals surface area contributed by atoms with Gasteiger partial charge in [0.25, 0.3) is 0 Å². The van der Waals surface area contributed by atoms with E-state index in [9.17, 15) is 4.79 Å². The molecule has 0 spiro atoms. The van der Waals surface area contributed by atoms with Gasteiger partial charge in [0.15, 0.2) is 0 Å². The molecule has 5 heteroatoms. The number of carboxylic acid groups (broad SMARTS) is 1. The Kier molecular flexibility index (Phi) is 2.95. The Bertz CT molecular complexity index is 601. The number of carbonyl (C=O) groups is 1. The number of benzene rings is 1. The van der Waals surface area contributed by atoms with Gasteiger partial charge in [-0.15, -0.1) is 0 Å². The molecular weight excluding hydrogens is 242 g/mol. The molecule has 0 radical (unpaired) electrons. The Balaban J connectivity index is 1.88. The molecule has 2 heterocycles. The summed E-state index contributed by atoms with van der Waals surface area (Å²) in [7, 11) is 0. The molecule has 5 nitrogen and oxygen atoms in total. The third-order valence-electron chi connectivity index (χ3n) is 3.51. The summed E-state index contributed by atoms with van der Waals surface area (Å²) in [6, 6.07) is 10.0. The quantitative estimate of drug-likeness (QED) is 0.849. The summed E-state index contributed by atoms with van der Waals surface area (Å²) >= 11 is 0. The van der Waals surface area contributed by atoms with E-state index in [2.05, 4.69) is 22.0 Å². The van der Waals surface area contributed by atoms with E-state index in [1.54, 1.807) is 6.20 Å². The lowest BCUT2D eigenvalue weighted by molar-refractivity contribution is 0.142. The van der Waals surface area contributed by atoms with Gasteiger partial charge in [-0.2, -0.15) is 0 Å². The molecule has 0 aliphatic carbocycles. The van der Waals surface area contributed by atoms with Crippen molar-refractivity contribution in [2.24, 2.45) is 0 Å². The second kappa shape index (κ2) is 4.76. The summed E-state index contributed by atoms with van der Waals surface area (Å²) < 4.78 is 0. The maximum absolute atomic E-state index is 10.9. The van der Waals surface area contributed by atoms with E-state index in [1.807, 2.05) is 18.2 Å². The van der Waals surface area contributed by atoms with Crippen LogP contribution < -0.4 is 4.90 Å². The maximum Gasteiger partial charge on any atom is 0.407 e. The third kappa shape index (κ3) is 2.19. The Morgan fingerprint density at radius 1 is 1.11 bits per heavy atom. The van der Waals surface area contributed by atoms with Crippen LogP contribution in [0.4, 0.5) is 10.5 Å². The van der Waals surface area contributed by atoms with Crippen molar-refractivity contribution in [2.45, 2.75) is 0 Å². The predicted molar refractivity (Wildman–Crippen MR) is 73.6 cm³/mol. The smallest absolute Gasteiger partial charge is 0.407 e. The lowest BCUT2D eigenvalue weighted by Gasteiger charge is -2.35. The summed E-state index contributed by atoms with van der Waals surface area (Å²) in [5.74, 6) is 0. The van der Waals surface area contributed by atoms with Crippen LogP contribution in [0.3, 0.4) is 0 Å². The fraction of sp³-hybridized carbons (Fsp3) is 0.286. The molecule has 3 rings (SSSR count). The largest absolute Gasteiger partial charge is 0.465 e. The van der Waals surface area contributed by atoms with Gasteiger partial charge < -0.3 is 14.9 Å². The lowest BCUT2D eigenvalue weighted by Crippen LogP contribution is -2.48. The highest BCUT2D eigenvalue weighted by molar-refractivity contribution is 5.91. The molecule has 1 aliphatic heterocycles. The Morgan fingerprint density at radius 2 is 1.89 bits per heavy atom. The molecule has 1 aromatic carbocycles. The van der Waals surface area contributed by atoms with Gasteiger partial charge in [-0.25, -0.2) is 4.79 Å². The fourth-order valence-corrected chi connectivity index (χ4v) is 2.50. The molecule has 1 amide bonds.